The van der Waals surface area contributed by atoms with E-state index >= 15 is 0 Å². The molecule has 0 aromatic rings. The lowest BCUT2D eigenvalue weighted by atomic mass is 10.1. The number of hydrogen-bond donors (Lipinski definition) is 0. The number of allylic oxidation sites excluding steroid dienone is 3. The molecule has 0 saturated carbocycles. The Labute approximate surface area is 212 Å². The maximum absolute atomic E-state index is 11.5. The van der Waals surface area contributed by atoms with Crippen LogP contribution in [0, 0.1) is 24.2 Å². The fourth-order valence-corrected chi connectivity index (χ4v) is 4.99. The van der Waals surface area contributed by atoms with Gasteiger partial charge in [-0.25, -0.2) is 0 Å². The van der Waals surface area contributed by atoms with Crippen LogP contribution in [0.4, 0.5) is 0 Å². The molecule has 0 aliphatic heterocycles. The van der Waals surface area contributed by atoms with Crippen LogP contribution >= 0.6 is 0 Å². The van der Waals surface area contributed by atoms with Gasteiger partial charge in [-0.1, -0.05) is 71.6 Å². The lowest BCUT2D eigenvalue weighted by molar-refractivity contribution is -0.140. The Hall–Kier alpha value is -1.58. The average Bonchev–Trinajstić information content (AvgIpc) is 2.67. The number of hydrogen-bond acceptors (Lipinski definition) is 4. The van der Waals surface area contributed by atoms with E-state index in [1.165, 1.54) is 7.11 Å². The fourth-order valence-electron chi connectivity index (χ4n) is 2.48. The topological polar surface area (TPSA) is 44.8 Å². The fraction of sp³-hybridized carbons (Fsp3) is 0.679. The van der Waals surface area contributed by atoms with Gasteiger partial charge in [0, 0.05) is 12.8 Å². The predicted molar refractivity (Wildman–Crippen MR) is 150 cm³/mol. The SMILES string of the molecule is C#CC[C@H](C=CC=CC#C[C@H](CCCC(=O)OC)O[Si](C)(C)C(C)(C)C)O[Si](C)(C)C(C)(C)C. The van der Waals surface area contributed by atoms with Crippen LogP contribution in [-0.2, 0) is 18.4 Å². The Morgan fingerprint density at radius 1 is 0.971 bits per heavy atom. The minimum Gasteiger partial charge on any atom is -0.469 e. The summed E-state index contributed by atoms with van der Waals surface area (Å²) in [5, 5.41) is 0.214. The summed E-state index contributed by atoms with van der Waals surface area (Å²) in [7, 11) is -2.47. The molecule has 0 aromatic heterocycles. The van der Waals surface area contributed by atoms with Crippen molar-refractivity contribution in [3.63, 3.8) is 0 Å². The van der Waals surface area contributed by atoms with E-state index in [-0.39, 0.29) is 28.3 Å². The molecule has 0 bridgehead atoms. The van der Waals surface area contributed by atoms with Crippen LogP contribution < -0.4 is 0 Å². The number of esters is 1. The highest BCUT2D eigenvalue weighted by molar-refractivity contribution is 6.74. The van der Waals surface area contributed by atoms with E-state index in [0.717, 1.165) is 0 Å². The maximum atomic E-state index is 11.5. The van der Waals surface area contributed by atoms with Gasteiger partial charge in [0.2, 0.25) is 0 Å². The highest BCUT2D eigenvalue weighted by Crippen LogP contribution is 2.38. The van der Waals surface area contributed by atoms with E-state index in [4.69, 9.17) is 20.0 Å². The van der Waals surface area contributed by atoms with Crippen molar-refractivity contribution in [3.8, 4) is 24.2 Å². The average molecular weight is 505 g/mol. The number of ether oxygens (including phenoxy) is 1. The molecule has 0 aliphatic rings. The Bertz CT molecular complexity index is 793. The quantitative estimate of drug-likeness (QED) is 0.129. The number of rotatable bonds is 11. The zero-order valence-electron chi connectivity index (χ0n) is 23.5. The van der Waals surface area contributed by atoms with Crippen molar-refractivity contribution in [2.45, 2.75) is 116 Å². The van der Waals surface area contributed by atoms with Crippen molar-refractivity contribution >= 4 is 22.6 Å². The molecule has 2 atom stereocenters. The number of methoxy groups -OCH3 is 1. The van der Waals surface area contributed by atoms with Crippen LogP contribution in [0.2, 0.25) is 36.3 Å². The second-order valence-corrected chi connectivity index (χ2v) is 21.2. The first-order valence-corrected chi connectivity index (χ1v) is 18.0. The van der Waals surface area contributed by atoms with E-state index in [0.29, 0.717) is 25.7 Å². The Morgan fingerprint density at radius 2 is 1.53 bits per heavy atom. The summed E-state index contributed by atoms with van der Waals surface area (Å²) in [6.45, 7) is 22.2. The molecule has 0 aliphatic carbocycles. The van der Waals surface area contributed by atoms with Gasteiger partial charge >= 0.3 is 5.97 Å². The Morgan fingerprint density at radius 3 is 2.03 bits per heavy atom. The Balaban J connectivity index is 5.30. The lowest BCUT2D eigenvalue weighted by Gasteiger charge is -2.38. The van der Waals surface area contributed by atoms with Crippen LogP contribution in [0.1, 0.15) is 67.2 Å². The molecule has 0 radical (unpaired) electrons. The summed E-state index contributed by atoms with van der Waals surface area (Å²) in [5.74, 6) is 8.88. The number of carbonyl (C=O) groups excluding carboxylic acids is 1. The van der Waals surface area contributed by atoms with Crippen molar-refractivity contribution < 1.29 is 18.4 Å². The molecule has 0 heterocycles. The largest absolute Gasteiger partial charge is 0.469 e. The summed E-state index contributed by atoms with van der Waals surface area (Å²) >= 11 is 0. The minimum absolute atomic E-state index is 0.0873. The molecule has 0 saturated heterocycles. The number of terminal acetylenes is 1. The van der Waals surface area contributed by atoms with Crippen LogP contribution in [0.15, 0.2) is 24.3 Å². The molecule has 192 valence electrons. The van der Waals surface area contributed by atoms with Crippen molar-refractivity contribution in [3.05, 3.63) is 24.3 Å². The molecular formula is C28H48O4Si2. The first-order chi connectivity index (χ1) is 15.5. The molecule has 0 aromatic carbocycles. The first kappa shape index (κ1) is 32.4. The molecule has 0 rings (SSSR count). The summed E-state index contributed by atoms with van der Waals surface area (Å²) in [4.78, 5) is 11.5. The van der Waals surface area contributed by atoms with E-state index in [1.807, 2.05) is 24.3 Å². The van der Waals surface area contributed by atoms with Gasteiger partial charge in [-0.05, 0) is 55.2 Å². The van der Waals surface area contributed by atoms with Gasteiger partial charge < -0.3 is 13.6 Å². The van der Waals surface area contributed by atoms with Gasteiger partial charge in [-0.3, -0.25) is 4.79 Å². The Kier molecular flexibility index (Phi) is 13.4. The van der Waals surface area contributed by atoms with Crippen molar-refractivity contribution in [2.75, 3.05) is 7.11 Å². The number of carbonyl (C=O) groups is 1. The van der Waals surface area contributed by atoms with Gasteiger partial charge in [-0.15, -0.1) is 12.3 Å². The third-order valence-electron chi connectivity index (χ3n) is 6.75. The standard InChI is InChI=1S/C28H48O4Si2/c1-13-19-24(31-33(9,10)27(2,3)4)20-16-14-15-17-21-25(22-18-23-26(29)30-8)32-34(11,12)28(5,6)7/h1,14-16,20,24-25H,18-19,22-23H2,2-12H3/t24-,25-/m1/s1. The zero-order chi connectivity index (χ0) is 26.6. The molecule has 6 heteroatoms. The van der Waals surface area contributed by atoms with E-state index in [9.17, 15) is 4.79 Å². The smallest absolute Gasteiger partial charge is 0.305 e. The minimum atomic E-state index is -1.98. The molecule has 0 fully saturated rings. The van der Waals surface area contributed by atoms with Gasteiger partial charge in [0.25, 0.3) is 0 Å². The van der Waals surface area contributed by atoms with E-state index in [2.05, 4.69) is 85.5 Å². The lowest BCUT2D eigenvalue weighted by Crippen LogP contribution is -2.43. The summed E-state index contributed by atoms with van der Waals surface area (Å²) in [6, 6.07) is 0. The summed E-state index contributed by atoms with van der Waals surface area (Å²) in [5.41, 5.74) is 0. The summed E-state index contributed by atoms with van der Waals surface area (Å²) in [6.07, 6.45) is 15.2. The normalized spacial score (nSPS) is 15.0. The van der Waals surface area contributed by atoms with Gasteiger partial charge in [0.05, 0.1) is 13.2 Å². The van der Waals surface area contributed by atoms with Gasteiger partial charge in [-0.2, -0.15) is 0 Å². The molecule has 0 N–H and O–H groups in total. The molecule has 0 unspecified atom stereocenters. The highest BCUT2D eigenvalue weighted by Gasteiger charge is 2.39. The second kappa shape index (κ2) is 14.1. The van der Waals surface area contributed by atoms with Crippen LogP contribution in [0.3, 0.4) is 0 Å². The molecule has 0 amide bonds. The van der Waals surface area contributed by atoms with Crippen LogP contribution in [-0.4, -0.2) is 41.9 Å². The third kappa shape index (κ3) is 12.2. The first-order valence-electron chi connectivity index (χ1n) is 12.2. The zero-order valence-corrected chi connectivity index (χ0v) is 25.5. The molecule has 34 heavy (non-hydrogen) atoms. The molecular weight excluding hydrogens is 456 g/mol. The second-order valence-electron chi connectivity index (χ2n) is 11.7. The van der Waals surface area contributed by atoms with Crippen LogP contribution in [0.25, 0.3) is 0 Å². The maximum Gasteiger partial charge on any atom is 0.305 e. The van der Waals surface area contributed by atoms with Crippen molar-refractivity contribution in [1.29, 1.82) is 0 Å². The van der Waals surface area contributed by atoms with E-state index < -0.39 is 16.6 Å². The molecule has 4 nitrogen and oxygen atoms in total. The van der Waals surface area contributed by atoms with E-state index in [1.54, 1.807) is 0 Å². The highest BCUT2D eigenvalue weighted by atomic mass is 28.4. The van der Waals surface area contributed by atoms with Gasteiger partial charge in [0.15, 0.2) is 16.6 Å². The van der Waals surface area contributed by atoms with Crippen molar-refractivity contribution in [1.82, 2.24) is 0 Å². The monoisotopic (exact) mass is 504 g/mol. The molecule has 0 spiro atoms. The van der Waals surface area contributed by atoms with Crippen LogP contribution in [0.5, 0.6) is 0 Å². The third-order valence-corrected chi connectivity index (χ3v) is 15.7. The summed E-state index contributed by atoms with van der Waals surface area (Å²) < 4.78 is 17.7. The van der Waals surface area contributed by atoms with Gasteiger partial charge in [0.1, 0.15) is 6.10 Å². The van der Waals surface area contributed by atoms with Crippen molar-refractivity contribution in [2.24, 2.45) is 0 Å². The predicted octanol–water partition coefficient (Wildman–Crippen LogP) is 7.25.